The zero-order valence-electron chi connectivity index (χ0n) is 10.2. The molecule has 1 N–H and O–H groups in total. The van der Waals surface area contributed by atoms with Crippen molar-refractivity contribution in [3.63, 3.8) is 0 Å². The number of sulfonamides is 1. The monoisotopic (exact) mass is 333 g/mol. The summed E-state index contributed by atoms with van der Waals surface area (Å²) in [6.45, 7) is 0. The molecule has 9 heteroatoms. The molecule has 106 valence electrons. The summed E-state index contributed by atoms with van der Waals surface area (Å²) in [5.74, 6) is -0.0591. The third-order valence-corrected chi connectivity index (χ3v) is 4.25. The van der Waals surface area contributed by atoms with Gasteiger partial charge in [-0.05, 0) is 12.1 Å². The van der Waals surface area contributed by atoms with Gasteiger partial charge < -0.3 is 4.74 Å². The molecule has 0 aliphatic rings. The topological polar surface area (TPSA) is 81.2 Å². The Bertz CT molecular complexity index is 737. The minimum Gasteiger partial charge on any atom is -0.481 e. The molecule has 0 spiro atoms. The van der Waals surface area contributed by atoms with Crippen LogP contribution in [0.2, 0.25) is 10.2 Å². The average molecular weight is 334 g/mol. The maximum atomic E-state index is 12.2. The molecule has 20 heavy (non-hydrogen) atoms. The lowest BCUT2D eigenvalue weighted by atomic mass is 10.4. The number of ether oxygens (including phenoxy) is 1. The van der Waals surface area contributed by atoms with Crippen molar-refractivity contribution in [1.82, 2.24) is 9.97 Å². The van der Waals surface area contributed by atoms with Crippen LogP contribution in [-0.2, 0) is 10.0 Å². The molecule has 2 rings (SSSR count). The van der Waals surface area contributed by atoms with Gasteiger partial charge in [0.05, 0.1) is 12.1 Å². The van der Waals surface area contributed by atoms with Gasteiger partial charge in [-0.1, -0.05) is 35.3 Å². The molecule has 0 amide bonds. The van der Waals surface area contributed by atoms with Crippen molar-refractivity contribution in [1.29, 1.82) is 0 Å². The van der Waals surface area contributed by atoms with Crippen LogP contribution in [0.4, 0.5) is 5.95 Å². The lowest BCUT2D eigenvalue weighted by Gasteiger charge is -2.09. The van der Waals surface area contributed by atoms with E-state index in [-0.39, 0.29) is 26.9 Å². The molecule has 1 aromatic heterocycles. The van der Waals surface area contributed by atoms with Gasteiger partial charge in [0.1, 0.15) is 10.0 Å². The van der Waals surface area contributed by atoms with Crippen molar-refractivity contribution in [3.05, 3.63) is 40.5 Å². The normalized spacial score (nSPS) is 11.2. The minimum atomic E-state index is -3.91. The number of benzene rings is 1. The number of methoxy groups -OCH3 is 1. The van der Waals surface area contributed by atoms with Crippen LogP contribution >= 0.6 is 23.2 Å². The van der Waals surface area contributed by atoms with Crippen LogP contribution in [0.5, 0.6) is 5.88 Å². The summed E-state index contributed by atoms with van der Waals surface area (Å²) < 4.78 is 31.4. The number of rotatable bonds is 4. The Morgan fingerprint density at radius 2 is 1.90 bits per heavy atom. The van der Waals surface area contributed by atoms with Crippen LogP contribution < -0.4 is 9.46 Å². The summed E-state index contributed by atoms with van der Waals surface area (Å²) in [5.41, 5.74) is 0. The van der Waals surface area contributed by atoms with Crippen molar-refractivity contribution in [2.24, 2.45) is 0 Å². The van der Waals surface area contributed by atoms with Crippen molar-refractivity contribution < 1.29 is 13.2 Å². The quantitative estimate of drug-likeness (QED) is 0.869. The molecule has 0 aliphatic carbocycles. The number of aromatic nitrogens is 2. The maximum Gasteiger partial charge on any atom is 0.265 e. The largest absolute Gasteiger partial charge is 0.481 e. The molecule has 0 saturated heterocycles. The summed E-state index contributed by atoms with van der Waals surface area (Å²) in [6, 6.07) is 7.37. The molecule has 1 heterocycles. The third kappa shape index (κ3) is 3.30. The van der Waals surface area contributed by atoms with Gasteiger partial charge in [-0.25, -0.2) is 18.1 Å². The Morgan fingerprint density at radius 1 is 1.20 bits per heavy atom. The first kappa shape index (κ1) is 14.8. The fourth-order valence-corrected chi connectivity index (χ4v) is 3.02. The van der Waals surface area contributed by atoms with Crippen molar-refractivity contribution in [3.8, 4) is 5.88 Å². The van der Waals surface area contributed by atoms with Gasteiger partial charge in [-0.2, -0.15) is 4.98 Å². The van der Waals surface area contributed by atoms with Crippen molar-refractivity contribution >= 4 is 39.2 Å². The Labute approximate surface area is 125 Å². The van der Waals surface area contributed by atoms with Gasteiger partial charge in [0.15, 0.2) is 0 Å². The molecule has 0 radical (unpaired) electrons. The molecule has 0 aliphatic heterocycles. The summed E-state index contributed by atoms with van der Waals surface area (Å²) >= 11 is 11.6. The van der Waals surface area contributed by atoms with E-state index in [4.69, 9.17) is 27.9 Å². The van der Waals surface area contributed by atoms with Crippen LogP contribution in [0.25, 0.3) is 0 Å². The summed E-state index contributed by atoms with van der Waals surface area (Å²) in [6.07, 6.45) is 0. The first-order valence-corrected chi connectivity index (χ1v) is 7.52. The van der Waals surface area contributed by atoms with Crippen LogP contribution in [-0.4, -0.2) is 25.5 Å². The molecule has 0 unspecified atom stereocenters. The Kier molecular flexibility index (Phi) is 4.32. The van der Waals surface area contributed by atoms with Crippen LogP contribution in [0.1, 0.15) is 0 Å². The van der Waals surface area contributed by atoms with Crippen molar-refractivity contribution in [2.75, 3.05) is 11.8 Å². The highest BCUT2D eigenvalue weighted by Gasteiger charge is 2.19. The summed E-state index contributed by atoms with van der Waals surface area (Å²) in [4.78, 5) is 7.52. The fourth-order valence-electron chi connectivity index (χ4n) is 1.39. The van der Waals surface area contributed by atoms with E-state index in [1.165, 1.54) is 25.3 Å². The summed E-state index contributed by atoms with van der Waals surface area (Å²) in [5, 5.41) is 0.141. The van der Waals surface area contributed by atoms with Crippen LogP contribution in [0, 0.1) is 0 Å². The zero-order chi connectivity index (χ0) is 14.8. The highest BCUT2D eigenvalue weighted by molar-refractivity contribution is 7.92. The maximum absolute atomic E-state index is 12.2. The van der Waals surface area contributed by atoms with E-state index in [0.29, 0.717) is 0 Å². The van der Waals surface area contributed by atoms with E-state index >= 15 is 0 Å². The minimum absolute atomic E-state index is 0.0497. The van der Waals surface area contributed by atoms with Gasteiger partial charge in [-0.15, -0.1) is 0 Å². The number of anilines is 1. The number of hydrogen-bond acceptors (Lipinski definition) is 5. The van der Waals surface area contributed by atoms with Gasteiger partial charge >= 0.3 is 0 Å². The molecule has 1 aromatic carbocycles. The number of halogens is 2. The standard InChI is InChI=1S/C11H9Cl2N3O3S/c1-19-10-6-9(13)14-11(15-10)16-20(17,18)8-5-3-2-4-7(8)12/h2-6H,1H3,(H,14,15,16). The highest BCUT2D eigenvalue weighted by Crippen LogP contribution is 2.23. The Hall–Kier alpha value is -1.57. The molecule has 2 aromatic rings. The molecule has 0 saturated carbocycles. The predicted octanol–water partition coefficient (Wildman–Crippen LogP) is 2.59. The van der Waals surface area contributed by atoms with E-state index in [1.807, 2.05) is 0 Å². The molecule has 0 atom stereocenters. The molecular formula is C11H9Cl2N3O3S. The Morgan fingerprint density at radius 3 is 2.55 bits per heavy atom. The first-order valence-electron chi connectivity index (χ1n) is 5.28. The predicted molar refractivity (Wildman–Crippen MR) is 75.9 cm³/mol. The number of hydrogen-bond donors (Lipinski definition) is 1. The second kappa shape index (κ2) is 5.82. The third-order valence-electron chi connectivity index (χ3n) is 2.23. The average Bonchev–Trinajstić information content (AvgIpc) is 2.37. The lowest BCUT2D eigenvalue weighted by molar-refractivity contribution is 0.397. The van der Waals surface area contributed by atoms with E-state index in [2.05, 4.69) is 14.7 Å². The zero-order valence-corrected chi connectivity index (χ0v) is 12.5. The molecular weight excluding hydrogens is 325 g/mol. The van der Waals surface area contributed by atoms with Crippen molar-refractivity contribution in [2.45, 2.75) is 4.90 Å². The number of nitrogens with one attached hydrogen (secondary N) is 1. The van der Waals surface area contributed by atoms with E-state index in [1.54, 1.807) is 12.1 Å². The smallest absolute Gasteiger partial charge is 0.265 e. The van der Waals surface area contributed by atoms with E-state index < -0.39 is 10.0 Å². The molecule has 0 fully saturated rings. The second-order valence-electron chi connectivity index (χ2n) is 3.59. The van der Waals surface area contributed by atoms with Gasteiger partial charge in [0.2, 0.25) is 11.8 Å². The van der Waals surface area contributed by atoms with Gasteiger partial charge in [-0.3, -0.25) is 0 Å². The number of nitrogens with zero attached hydrogens (tertiary/aromatic N) is 2. The van der Waals surface area contributed by atoms with Gasteiger partial charge in [0.25, 0.3) is 10.0 Å². The highest BCUT2D eigenvalue weighted by atomic mass is 35.5. The second-order valence-corrected chi connectivity index (χ2v) is 6.04. The first-order chi connectivity index (χ1) is 9.42. The summed E-state index contributed by atoms with van der Waals surface area (Å²) in [7, 11) is -2.53. The van der Waals surface area contributed by atoms with Crippen LogP contribution in [0.3, 0.4) is 0 Å². The van der Waals surface area contributed by atoms with E-state index in [9.17, 15) is 8.42 Å². The molecule has 0 bridgehead atoms. The SMILES string of the molecule is COc1cc(Cl)nc(NS(=O)(=O)c2ccccc2Cl)n1. The molecule has 6 nitrogen and oxygen atoms in total. The lowest BCUT2D eigenvalue weighted by Crippen LogP contribution is -2.15. The van der Waals surface area contributed by atoms with Gasteiger partial charge in [0, 0.05) is 6.07 Å². The van der Waals surface area contributed by atoms with E-state index in [0.717, 1.165) is 0 Å². The van der Waals surface area contributed by atoms with Crippen LogP contribution in [0.15, 0.2) is 35.2 Å². The fraction of sp³-hybridized carbons (Fsp3) is 0.0909. The Balaban J connectivity index is 2.38.